The molecule has 0 aromatic heterocycles. The maximum atomic E-state index is 6.48. The van der Waals surface area contributed by atoms with E-state index in [9.17, 15) is 0 Å². The van der Waals surface area contributed by atoms with Gasteiger partial charge in [-0.1, -0.05) is 19.6 Å². The molecule has 0 spiro atoms. The predicted molar refractivity (Wildman–Crippen MR) is 47.2 cm³/mol. The molecule has 0 aliphatic rings. The first-order valence-electron chi connectivity index (χ1n) is 2.77. The average Bonchev–Trinajstić information content (AvgIpc) is 1.87. The molecule has 0 rings (SSSR count). The van der Waals surface area contributed by atoms with E-state index in [4.69, 9.17) is 6.42 Å². The fourth-order valence-electron chi connectivity index (χ4n) is 0.219. The normalized spacial score (nSPS) is 7.70. The summed E-state index contributed by atoms with van der Waals surface area (Å²) < 4.78 is 0. The van der Waals surface area contributed by atoms with Crippen LogP contribution in [0.4, 0.5) is 0 Å². The Bertz CT molecular complexity index is 165. The van der Waals surface area contributed by atoms with Gasteiger partial charge in [-0.25, -0.2) is 5.54 Å². The minimum absolute atomic E-state index is 1.19. The van der Waals surface area contributed by atoms with Crippen molar-refractivity contribution in [3.8, 4) is 17.4 Å². The summed E-state index contributed by atoms with van der Waals surface area (Å²) in [4.78, 5) is 0. The molecule has 50 valence electrons. The predicted octanol–water partition coefficient (Wildman–Crippen LogP) is 2.30. The summed E-state index contributed by atoms with van der Waals surface area (Å²) in [6.07, 6.45) is 6.48. The average molecular weight is 267 g/mol. The molecular formula is C7H9BrSiZn. The molecule has 0 aromatic rings. The van der Waals surface area contributed by atoms with E-state index in [0.717, 1.165) is 0 Å². The second kappa shape index (κ2) is 7.55. The van der Waals surface area contributed by atoms with Crippen LogP contribution in [0.15, 0.2) is 0 Å². The number of halogens is 1. The van der Waals surface area contributed by atoms with Gasteiger partial charge in [-0.15, -0.1) is 0 Å². The minimum atomic E-state index is -1.22. The van der Waals surface area contributed by atoms with Crippen LogP contribution in [0.3, 0.4) is 0 Å². The van der Waals surface area contributed by atoms with Crippen LogP contribution < -0.4 is 0 Å². The molecule has 0 atom stereocenters. The molecular weight excluding hydrogens is 257 g/mol. The molecule has 0 N–H and O–H groups in total. The van der Waals surface area contributed by atoms with Crippen molar-refractivity contribution in [1.29, 1.82) is 0 Å². The van der Waals surface area contributed by atoms with E-state index in [1.165, 1.54) is 16.3 Å². The monoisotopic (exact) mass is 264 g/mol. The molecule has 0 saturated heterocycles. The van der Waals surface area contributed by atoms with Crippen LogP contribution in [0.2, 0.25) is 19.6 Å². The van der Waals surface area contributed by atoms with Crippen molar-refractivity contribution in [2.45, 2.75) is 19.6 Å². The summed E-state index contributed by atoms with van der Waals surface area (Å²) >= 11 is 4.25. The van der Waals surface area contributed by atoms with Gasteiger partial charge in [0.2, 0.25) is 0 Å². The van der Waals surface area contributed by atoms with Gasteiger partial charge >= 0.3 is 30.0 Å². The summed E-state index contributed by atoms with van der Waals surface area (Å²) in [5, 5.41) is 0. The van der Waals surface area contributed by atoms with Crippen molar-refractivity contribution < 1.29 is 16.3 Å². The molecule has 10 heavy (non-hydrogen) atoms. The zero-order chi connectivity index (χ0) is 8.62. The Morgan fingerprint density at radius 3 is 1.80 bits per heavy atom. The van der Waals surface area contributed by atoms with Crippen LogP contribution in [-0.4, -0.2) is 8.07 Å². The first-order chi connectivity index (χ1) is 4.56. The van der Waals surface area contributed by atoms with E-state index < -0.39 is 8.07 Å². The fraction of sp³-hybridized carbons (Fsp3) is 0.429. The van der Waals surface area contributed by atoms with Gasteiger partial charge in [0.1, 0.15) is 8.07 Å². The van der Waals surface area contributed by atoms with Gasteiger partial charge in [0, 0.05) is 0 Å². The molecule has 0 amide bonds. The molecule has 0 aliphatic heterocycles. The van der Waals surface area contributed by atoms with Gasteiger partial charge < -0.3 is 6.42 Å². The van der Waals surface area contributed by atoms with E-state index in [2.05, 4.69) is 44.7 Å². The van der Waals surface area contributed by atoms with Gasteiger partial charge in [0.05, 0.1) is 0 Å². The van der Waals surface area contributed by atoms with Crippen molar-refractivity contribution in [2.24, 2.45) is 0 Å². The van der Waals surface area contributed by atoms with Gasteiger partial charge in [-0.3, -0.25) is 11.8 Å². The van der Waals surface area contributed by atoms with Gasteiger partial charge in [0.25, 0.3) is 0 Å². The second-order valence-corrected chi connectivity index (χ2v) is 7.38. The van der Waals surface area contributed by atoms with Crippen molar-refractivity contribution >= 4 is 21.7 Å². The standard InChI is InChI=1S/C7H9Si.BrH.Zn/c1-5-6-7-8(2,3)4;;/h2-4H3;1H;/q-1;;+2/p-1. The topological polar surface area (TPSA) is 0 Å². The van der Waals surface area contributed by atoms with E-state index in [1.54, 1.807) is 0 Å². The second-order valence-electron chi connectivity index (χ2n) is 2.62. The van der Waals surface area contributed by atoms with Crippen LogP contribution >= 0.6 is 13.6 Å². The quantitative estimate of drug-likeness (QED) is 0.359. The third-order valence-electron chi connectivity index (χ3n) is 0.500. The zero-order valence-corrected chi connectivity index (χ0v) is 12.1. The van der Waals surface area contributed by atoms with Gasteiger partial charge in [-0.2, -0.15) is 0 Å². The van der Waals surface area contributed by atoms with E-state index in [-0.39, 0.29) is 0 Å². The van der Waals surface area contributed by atoms with E-state index >= 15 is 0 Å². The maximum absolute atomic E-state index is 6.48. The molecule has 0 nitrogen and oxygen atoms in total. The molecule has 0 radical (unpaired) electrons. The van der Waals surface area contributed by atoms with Crippen molar-refractivity contribution in [1.82, 2.24) is 0 Å². The fourth-order valence-corrected chi connectivity index (χ4v) is 0.656. The van der Waals surface area contributed by atoms with Crippen molar-refractivity contribution in [3.05, 3.63) is 6.42 Å². The number of hydrogen-bond acceptors (Lipinski definition) is 0. The summed E-state index contributed by atoms with van der Waals surface area (Å²) in [5.41, 5.74) is 2.96. The van der Waals surface area contributed by atoms with E-state index in [1.807, 2.05) is 5.92 Å². The molecule has 0 aliphatic carbocycles. The third kappa shape index (κ3) is 15.8. The van der Waals surface area contributed by atoms with Gasteiger partial charge in [-0.05, 0) is 0 Å². The first-order valence-corrected chi connectivity index (χ1v) is 13.2. The summed E-state index contributed by atoms with van der Waals surface area (Å²) in [5.74, 6) is 4.56. The summed E-state index contributed by atoms with van der Waals surface area (Å²) in [7, 11) is -1.22. The van der Waals surface area contributed by atoms with Crippen LogP contribution in [0, 0.1) is 23.8 Å². The summed E-state index contributed by atoms with van der Waals surface area (Å²) in [6.45, 7) is 6.41. The molecule has 0 saturated carbocycles. The first kappa shape index (κ1) is 13.1. The Labute approximate surface area is 81.2 Å². The van der Waals surface area contributed by atoms with Gasteiger partial charge in [0.15, 0.2) is 0 Å². The van der Waals surface area contributed by atoms with Crippen LogP contribution in [0.5, 0.6) is 0 Å². The molecule has 0 heterocycles. The molecule has 0 aromatic carbocycles. The van der Waals surface area contributed by atoms with E-state index in [0.29, 0.717) is 0 Å². The molecule has 0 unspecified atom stereocenters. The zero-order valence-electron chi connectivity index (χ0n) is 6.59. The number of rotatable bonds is 0. The summed E-state index contributed by atoms with van der Waals surface area (Å²) in [6, 6.07) is 0. The SMILES string of the molecule is [C-]#CC#C[Si](C)(C)C.[Zn+][Br]. The number of hydrogen-bond donors (Lipinski definition) is 0. The van der Waals surface area contributed by atoms with Crippen molar-refractivity contribution in [3.63, 3.8) is 0 Å². The Balaban J connectivity index is 0. The van der Waals surface area contributed by atoms with Crippen LogP contribution in [0.1, 0.15) is 0 Å². The van der Waals surface area contributed by atoms with Crippen LogP contribution in [0.25, 0.3) is 0 Å². The third-order valence-corrected chi connectivity index (χ3v) is 1.38. The van der Waals surface area contributed by atoms with Crippen LogP contribution in [-0.2, 0) is 16.3 Å². The molecule has 3 heteroatoms. The Hall–Kier alpha value is 0.440. The van der Waals surface area contributed by atoms with Crippen molar-refractivity contribution in [2.75, 3.05) is 0 Å². The molecule has 0 fully saturated rings. The Morgan fingerprint density at radius 1 is 1.30 bits per heavy atom. The Kier molecular flexibility index (Phi) is 9.86. The molecule has 0 bridgehead atoms. The Morgan fingerprint density at radius 2 is 1.70 bits per heavy atom.